The highest BCUT2D eigenvalue weighted by molar-refractivity contribution is 5.76. The highest BCUT2D eigenvalue weighted by atomic mass is 16.8. The maximum Gasteiger partial charge on any atom is 0.220 e. The summed E-state index contributed by atoms with van der Waals surface area (Å²) in [6.45, 7) is 1.58. The third-order valence-corrected chi connectivity index (χ3v) is 16.8. The van der Waals surface area contributed by atoms with E-state index in [-0.39, 0.29) is 18.9 Å². The van der Waals surface area contributed by atoms with Gasteiger partial charge < -0.3 is 89.9 Å². The van der Waals surface area contributed by atoms with Gasteiger partial charge in [-0.1, -0.05) is 232 Å². The van der Waals surface area contributed by atoms with Crippen molar-refractivity contribution in [2.45, 2.75) is 317 Å². The van der Waals surface area contributed by atoms with E-state index in [9.17, 15) is 61.0 Å². The van der Waals surface area contributed by atoms with Gasteiger partial charge in [0.2, 0.25) is 5.91 Å². The highest BCUT2D eigenvalue weighted by Crippen LogP contribution is 2.33. The second-order valence-corrected chi connectivity index (χ2v) is 24.6. The molecule has 3 heterocycles. The van der Waals surface area contributed by atoms with E-state index in [0.29, 0.717) is 6.42 Å². The number of hydrogen-bond acceptors (Lipinski definition) is 18. The first-order valence-corrected chi connectivity index (χ1v) is 35.1. The summed E-state index contributed by atoms with van der Waals surface area (Å²) in [5.41, 5.74) is 0. The Hall–Kier alpha value is -3.55. The van der Waals surface area contributed by atoms with Crippen molar-refractivity contribution in [3.05, 3.63) is 109 Å². The number of rotatable bonds is 52. The van der Waals surface area contributed by atoms with Gasteiger partial charge in [-0.15, -0.1) is 0 Å². The van der Waals surface area contributed by atoms with Crippen molar-refractivity contribution in [1.29, 1.82) is 0 Å². The van der Waals surface area contributed by atoms with Crippen LogP contribution in [0.1, 0.15) is 213 Å². The number of aliphatic hydroxyl groups excluding tert-OH is 11. The van der Waals surface area contributed by atoms with E-state index < -0.39 is 124 Å². The Morgan fingerprint density at radius 1 is 0.402 bits per heavy atom. The molecule has 0 aromatic rings. The van der Waals surface area contributed by atoms with Crippen LogP contribution in [-0.2, 0) is 33.2 Å². The molecule has 0 aliphatic carbocycles. The maximum atomic E-state index is 13.4. The molecule has 0 saturated carbocycles. The molecule has 17 unspecified atom stereocenters. The van der Waals surface area contributed by atoms with Gasteiger partial charge in [0.05, 0.1) is 38.6 Å². The van der Waals surface area contributed by atoms with Crippen LogP contribution in [0.4, 0.5) is 0 Å². The Balaban J connectivity index is 1.46. The molecule has 0 aromatic heterocycles. The lowest BCUT2D eigenvalue weighted by Crippen LogP contribution is -2.66. The fraction of sp³-hybridized carbons (Fsp3) is 0.740. The first-order valence-electron chi connectivity index (χ1n) is 35.1. The summed E-state index contributed by atoms with van der Waals surface area (Å²) in [6.07, 6.45) is 44.8. The topological polar surface area (TPSA) is 307 Å². The van der Waals surface area contributed by atoms with Crippen molar-refractivity contribution in [3.63, 3.8) is 0 Å². The first-order chi connectivity index (χ1) is 44.8. The van der Waals surface area contributed by atoms with Gasteiger partial charge in [-0.2, -0.15) is 0 Å². The molecule has 0 aromatic carbocycles. The van der Waals surface area contributed by atoms with E-state index in [1.54, 1.807) is 6.08 Å². The summed E-state index contributed by atoms with van der Waals surface area (Å²) in [6, 6.07) is -1.01. The Morgan fingerprint density at radius 3 is 1.17 bits per heavy atom. The molecule has 3 aliphatic heterocycles. The van der Waals surface area contributed by atoms with Crippen LogP contribution in [-0.4, -0.2) is 193 Å². The van der Waals surface area contributed by atoms with Gasteiger partial charge in [-0.05, 0) is 83.5 Å². The molecule has 3 aliphatic rings. The van der Waals surface area contributed by atoms with Gasteiger partial charge in [-0.3, -0.25) is 4.79 Å². The normalized spacial score (nSPS) is 28.4. The summed E-state index contributed by atoms with van der Waals surface area (Å²) in [5.74, 6) is -0.321. The van der Waals surface area contributed by atoms with Crippen molar-refractivity contribution in [3.8, 4) is 0 Å². The average Bonchev–Trinajstić information content (AvgIpc) is 0.854. The van der Waals surface area contributed by atoms with E-state index in [0.717, 1.165) is 89.9 Å². The number of aliphatic hydroxyl groups is 11. The minimum Gasteiger partial charge on any atom is -0.394 e. The zero-order chi connectivity index (χ0) is 66.8. The van der Waals surface area contributed by atoms with Crippen LogP contribution in [0.5, 0.6) is 0 Å². The number of allylic oxidation sites excluding steroid dienone is 17. The Morgan fingerprint density at radius 2 is 0.750 bits per heavy atom. The van der Waals surface area contributed by atoms with Crippen LogP contribution in [0.25, 0.3) is 0 Å². The van der Waals surface area contributed by atoms with Crippen LogP contribution in [0.3, 0.4) is 0 Å². The Labute approximate surface area is 551 Å². The van der Waals surface area contributed by atoms with Gasteiger partial charge in [0.1, 0.15) is 73.2 Å². The quantitative estimate of drug-likeness (QED) is 0.0199. The molecule has 19 nitrogen and oxygen atoms in total. The number of amides is 1. The number of nitrogens with one attached hydrogen (secondary N) is 1. The SMILES string of the molecule is CC/C=C\C/C=C\C/C=C\C/C=C\C/C=C\C/C=C\C/C=C\C/C=C\CCCCC(=O)NC(COC1OC(CO)C(OC2OC(CO)C(OC3OC(CO)C(O)C(O)C3O)C(O)C2O)C(O)C1O)C(O)/C=C/CCCCCCCCCCCCCCCCCCCC. The summed E-state index contributed by atoms with van der Waals surface area (Å²) in [7, 11) is 0. The third-order valence-electron chi connectivity index (χ3n) is 16.8. The lowest BCUT2D eigenvalue weighted by Gasteiger charge is -2.48. The number of carbonyl (C=O) groups is 1. The van der Waals surface area contributed by atoms with Gasteiger partial charge in [0, 0.05) is 6.42 Å². The van der Waals surface area contributed by atoms with Crippen molar-refractivity contribution >= 4 is 5.91 Å². The average molecular weight is 1300 g/mol. The Kier molecular flexibility index (Phi) is 48.1. The second-order valence-electron chi connectivity index (χ2n) is 24.6. The Bertz CT molecular complexity index is 2090. The monoisotopic (exact) mass is 1300 g/mol. The highest BCUT2D eigenvalue weighted by Gasteiger charge is 2.53. The summed E-state index contributed by atoms with van der Waals surface area (Å²) in [5, 5.41) is 121. The molecule has 92 heavy (non-hydrogen) atoms. The molecule has 17 atom stereocenters. The molecule has 3 fully saturated rings. The van der Waals surface area contributed by atoms with E-state index in [2.05, 4.69) is 116 Å². The summed E-state index contributed by atoms with van der Waals surface area (Å²) in [4.78, 5) is 13.4. The molecular weight excluding hydrogens is 1180 g/mol. The van der Waals surface area contributed by atoms with Gasteiger partial charge in [-0.25, -0.2) is 0 Å². The van der Waals surface area contributed by atoms with Crippen molar-refractivity contribution in [2.75, 3.05) is 26.4 Å². The maximum absolute atomic E-state index is 13.4. The smallest absolute Gasteiger partial charge is 0.220 e. The second kappa shape index (κ2) is 53.6. The molecular formula is C73H123NO18. The van der Waals surface area contributed by atoms with Crippen LogP contribution < -0.4 is 5.32 Å². The van der Waals surface area contributed by atoms with Crippen LogP contribution in [0.2, 0.25) is 0 Å². The minimum atomic E-state index is -1.99. The number of carbonyl (C=O) groups excluding carboxylic acids is 1. The van der Waals surface area contributed by atoms with Gasteiger partial charge in [0.15, 0.2) is 18.9 Å². The minimum absolute atomic E-state index is 0.181. The molecule has 19 heteroatoms. The molecule has 12 N–H and O–H groups in total. The zero-order valence-electron chi connectivity index (χ0n) is 55.7. The summed E-state index contributed by atoms with van der Waals surface area (Å²) < 4.78 is 34.3. The third kappa shape index (κ3) is 34.9. The molecule has 3 saturated heterocycles. The largest absolute Gasteiger partial charge is 0.394 e. The molecule has 0 bridgehead atoms. The fourth-order valence-electron chi connectivity index (χ4n) is 11.1. The van der Waals surface area contributed by atoms with Gasteiger partial charge in [0.25, 0.3) is 0 Å². The lowest BCUT2D eigenvalue weighted by atomic mass is 9.96. The van der Waals surface area contributed by atoms with Crippen molar-refractivity contribution in [2.24, 2.45) is 0 Å². The van der Waals surface area contributed by atoms with E-state index in [1.807, 2.05) is 6.08 Å². The predicted molar refractivity (Wildman–Crippen MR) is 360 cm³/mol. The zero-order valence-corrected chi connectivity index (χ0v) is 55.7. The van der Waals surface area contributed by atoms with E-state index in [4.69, 9.17) is 28.4 Å². The van der Waals surface area contributed by atoms with Crippen LogP contribution in [0.15, 0.2) is 109 Å². The van der Waals surface area contributed by atoms with E-state index in [1.165, 1.54) is 96.3 Å². The molecule has 528 valence electrons. The summed E-state index contributed by atoms with van der Waals surface area (Å²) >= 11 is 0. The van der Waals surface area contributed by atoms with Crippen LogP contribution in [0, 0.1) is 0 Å². The van der Waals surface area contributed by atoms with Crippen molar-refractivity contribution in [1.82, 2.24) is 5.32 Å². The molecule has 1 amide bonds. The van der Waals surface area contributed by atoms with Crippen LogP contribution >= 0.6 is 0 Å². The van der Waals surface area contributed by atoms with E-state index >= 15 is 0 Å². The number of ether oxygens (including phenoxy) is 6. The fourth-order valence-corrected chi connectivity index (χ4v) is 11.1. The van der Waals surface area contributed by atoms with Gasteiger partial charge >= 0.3 is 0 Å². The van der Waals surface area contributed by atoms with Crippen molar-refractivity contribution < 1.29 is 89.4 Å². The lowest BCUT2D eigenvalue weighted by molar-refractivity contribution is -0.379. The predicted octanol–water partition coefficient (Wildman–Crippen LogP) is 9.44. The molecule has 0 radical (unpaired) electrons. The standard InChI is InChI=1S/C73H123NO18/c1-3-5-7-9-11-13-15-17-19-21-23-25-26-27-28-29-30-31-33-35-37-39-41-43-45-47-49-51-61(79)74-56(57(78)50-48-46-44-42-40-38-36-34-32-24-22-20-18-16-14-12-10-8-6-4-2)55-87-71-67(85)64(82)69(59(53-76)89-71)92-73-68(86)65(83)70(60(54-77)90-73)91-72-66(84)63(81)62(80)58(52-75)88-72/h5,7,11,13,17,19,23,25,27-28,30-31,35,37,41,43,48,50,56-60,62-73,75-78,80-86H,3-4,6,8-10,12,14-16,18,20-22,24,26,29,32-34,36,38-40,42,44-47,49,51-55H2,1-2H3,(H,74,79)/b7-5-,13-11-,19-17-,25-23-,28-27-,31-30-,37-35-,43-41-,50-48+. The molecule has 0 spiro atoms. The molecule has 3 rings (SSSR count). The number of hydrogen-bond donors (Lipinski definition) is 12. The number of unbranched alkanes of at least 4 members (excludes halogenated alkanes) is 20. The first kappa shape index (κ1) is 82.7.